The molecule has 2 nitrogen and oxygen atoms in total. The Kier molecular flexibility index (Phi) is 3.56. The fourth-order valence-corrected chi connectivity index (χ4v) is 2.49. The maximum atomic E-state index is 11.8. The molecule has 18 heavy (non-hydrogen) atoms. The Bertz CT molecular complexity index is 475. The van der Waals surface area contributed by atoms with Crippen LogP contribution in [0.3, 0.4) is 0 Å². The van der Waals surface area contributed by atoms with Gasteiger partial charge in [0.1, 0.15) is 5.78 Å². The maximum Gasteiger partial charge on any atom is 0.211 e. The Balaban J connectivity index is 2.46. The smallest absolute Gasteiger partial charge is 0.211 e. The molecule has 2 aliphatic rings. The Morgan fingerprint density at radius 2 is 1.61 bits per heavy atom. The highest BCUT2D eigenvalue weighted by Gasteiger charge is 2.44. The molecule has 2 heteroatoms. The summed E-state index contributed by atoms with van der Waals surface area (Å²) in [6.07, 6.45) is 20.8. The van der Waals surface area contributed by atoms with Gasteiger partial charge in [0.15, 0.2) is 0 Å². The first-order valence-electron chi connectivity index (χ1n) is 5.98. The zero-order valence-corrected chi connectivity index (χ0v) is 10.2. The number of carbonyl (C=O) groups is 1. The molecular formula is C16H15O2. The lowest BCUT2D eigenvalue weighted by atomic mass is 9.64. The van der Waals surface area contributed by atoms with E-state index in [1.807, 2.05) is 48.6 Å². The van der Waals surface area contributed by atoms with Crippen LogP contribution in [0.4, 0.5) is 0 Å². The minimum atomic E-state index is -0.917. The predicted octanol–water partition coefficient (Wildman–Crippen LogP) is 2.71. The third-order valence-electron chi connectivity index (χ3n) is 3.44. The van der Waals surface area contributed by atoms with E-state index in [0.29, 0.717) is 0 Å². The molecule has 0 heterocycles. The highest BCUT2D eigenvalue weighted by atomic mass is 16.1. The fraction of sp³-hybridized carbons (Fsp3) is 0.250. The van der Waals surface area contributed by atoms with E-state index in [1.165, 1.54) is 6.92 Å². The van der Waals surface area contributed by atoms with Crippen LogP contribution < -0.4 is 0 Å². The second-order valence-electron chi connectivity index (χ2n) is 4.55. The molecule has 0 aromatic carbocycles. The lowest BCUT2D eigenvalue weighted by molar-refractivity contribution is -0.121. The quantitative estimate of drug-likeness (QED) is 0.758. The molecule has 0 bridgehead atoms. The van der Waals surface area contributed by atoms with Crippen LogP contribution in [0.1, 0.15) is 6.92 Å². The van der Waals surface area contributed by atoms with Gasteiger partial charge in [-0.05, 0) is 6.92 Å². The molecule has 0 aromatic rings. The Morgan fingerprint density at radius 1 is 1.00 bits per heavy atom. The maximum absolute atomic E-state index is 11.8. The van der Waals surface area contributed by atoms with E-state index in [4.69, 9.17) is 0 Å². The summed E-state index contributed by atoms with van der Waals surface area (Å²) in [6.45, 7) is 1.52. The van der Waals surface area contributed by atoms with Crippen molar-refractivity contribution in [3.8, 4) is 0 Å². The number of ketones is 1. The molecule has 0 spiro atoms. The Hall–Kier alpha value is -1.96. The SMILES string of the molecule is CC(=O)C1C=CC=CC1([C]=O)C1C=CC=CC=C1. The zero-order chi connectivity index (χ0) is 13.0. The van der Waals surface area contributed by atoms with Gasteiger partial charge >= 0.3 is 0 Å². The second-order valence-corrected chi connectivity index (χ2v) is 4.55. The minimum absolute atomic E-state index is 0.0158. The van der Waals surface area contributed by atoms with Crippen LogP contribution in [0.15, 0.2) is 60.8 Å². The first-order chi connectivity index (χ1) is 8.70. The van der Waals surface area contributed by atoms with Gasteiger partial charge in [-0.2, -0.15) is 0 Å². The van der Waals surface area contributed by atoms with E-state index in [2.05, 4.69) is 6.29 Å². The van der Waals surface area contributed by atoms with Gasteiger partial charge in [-0.3, -0.25) is 9.59 Å². The Labute approximate surface area is 107 Å². The van der Waals surface area contributed by atoms with E-state index >= 15 is 0 Å². The molecule has 0 N–H and O–H groups in total. The molecule has 2 rings (SSSR count). The van der Waals surface area contributed by atoms with E-state index in [-0.39, 0.29) is 11.7 Å². The van der Waals surface area contributed by atoms with E-state index < -0.39 is 11.3 Å². The normalized spacial score (nSPS) is 30.4. The third-order valence-corrected chi connectivity index (χ3v) is 3.44. The first-order valence-corrected chi connectivity index (χ1v) is 5.98. The second kappa shape index (κ2) is 5.13. The third kappa shape index (κ3) is 2.06. The molecule has 0 aliphatic heterocycles. The number of allylic oxidation sites excluding steroid dienone is 10. The van der Waals surface area contributed by atoms with Crippen LogP contribution in [0, 0.1) is 17.3 Å². The lowest BCUT2D eigenvalue weighted by Gasteiger charge is -2.35. The summed E-state index contributed by atoms with van der Waals surface area (Å²) in [5, 5.41) is 0. The van der Waals surface area contributed by atoms with Gasteiger partial charge in [-0.15, -0.1) is 0 Å². The van der Waals surface area contributed by atoms with Gasteiger partial charge in [-0.25, -0.2) is 0 Å². The molecule has 0 saturated carbocycles. The van der Waals surface area contributed by atoms with Gasteiger partial charge in [0.2, 0.25) is 6.29 Å². The topological polar surface area (TPSA) is 34.1 Å². The molecule has 2 atom stereocenters. The van der Waals surface area contributed by atoms with E-state index in [1.54, 1.807) is 12.2 Å². The summed E-state index contributed by atoms with van der Waals surface area (Å²) in [5.41, 5.74) is -0.917. The highest BCUT2D eigenvalue weighted by molar-refractivity contribution is 5.87. The van der Waals surface area contributed by atoms with Crippen LogP contribution >= 0.6 is 0 Å². The first kappa shape index (κ1) is 12.5. The molecule has 2 unspecified atom stereocenters. The van der Waals surface area contributed by atoms with Gasteiger partial charge in [0.25, 0.3) is 0 Å². The number of Topliss-reactive ketones (excluding diaryl/α,β-unsaturated/α-hetero) is 1. The van der Waals surface area contributed by atoms with Crippen molar-refractivity contribution in [2.45, 2.75) is 6.92 Å². The van der Waals surface area contributed by atoms with Crippen molar-refractivity contribution < 1.29 is 9.59 Å². The molecule has 2 aliphatic carbocycles. The summed E-state index contributed by atoms with van der Waals surface area (Å²) in [6, 6.07) is 0. The van der Waals surface area contributed by atoms with Crippen molar-refractivity contribution >= 4 is 12.1 Å². The van der Waals surface area contributed by atoms with Crippen molar-refractivity contribution in [3.05, 3.63) is 60.8 Å². The summed E-state index contributed by atoms with van der Waals surface area (Å²) in [5.74, 6) is -0.615. The predicted molar refractivity (Wildman–Crippen MR) is 71.5 cm³/mol. The van der Waals surface area contributed by atoms with Gasteiger partial charge in [0.05, 0.1) is 11.3 Å². The van der Waals surface area contributed by atoms with Crippen LogP contribution in [0.2, 0.25) is 0 Å². The average molecular weight is 239 g/mol. The van der Waals surface area contributed by atoms with Crippen LogP contribution in [0.25, 0.3) is 0 Å². The minimum Gasteiger partial charge on any atom is -0.299 e. The highest BCUT2D eigenvalue weighted by Crippen LogP contribution is 2.41. The van der Waals surface area contributed by atoms with Crippen LogP contribution in [-0.2, 0) is 9.59 Å². The molecule has 0 aromatic heterocycles. The van der Waals surface area contributed by atoms with Crippen molar-refractivity contribution in [2.75, 3.05) is 0 Å². The average Bonchev–Trinajstić information content (AvgIpc) is 2.67. The van der Waals surface area contributed by atoms with Crippen molar-refractivity contribution in [1.29, 1.82) is 0 Å². The fourth-order valence-electron chi connectivity index (χ4n) is 2.49. The van der Waals surface area contributed by atoms with Gasteiger partial charge in [0, 0.05) is 5.92 Å². The van der Waals surface area contributed by atoms with Crippen molar-refractivity contribution in [3.63, 3.8) is 0 Å². The largest absolute Gasteiger partial charge is 0.299 e. The standard InChI is InChI=1S/C16H15O2/c1-13(18)15-10-6-7-11-16(15,12-17)14-8-4-2-3-5-9-14/h2-11,14-15H,1H3. The number of hydrogen-bond donors (Lipinski definition) is 0. The molecule has 1 radical (unpaired) electrons. The number of carbonyl (C=O) groups excluding carboxylic acids is 2. The summed E-state index contributed by atoms with van der Waals surface area (Å²) < 4.78 is 0. The van der Waals surface area contributed by atoms with E-state index in [0.717, 1.165) is 0 Å². The molecular weight excluding hydrogens is 224 g/mol. The summed E-state index contributed by atoms with van der Waals surface area (Å²) >= 11 is 0. The van der Waals surface area contributed by atoms with Crippen molar-refractivity contribution in [1.82, 2.24) is 0 Å². The van der Waals surface area contributed by atoms with Gasteiger partial charge in [-0.1, -0.05) is 60.8 Å². The van der Waals surface area contributed by atoms with Gasteiger partial charge < -0.3 is 0 Å². The monoisotopic (exact) mass is 239 g/mol. The van der Waals surface area contributed by atoms with Crippen LogP contribution in [0.5, 0.6) is 0 Å². The summed E-state index contributed by atoms with van der Waals surface area (Å²) in [7, 11) is 0. The molecule has 0 saturated heterocycles. The number of rotatable bonds is 3. The Morgan fingerprint density at radius 3 is 2.17 bits per heavy atom. The molecule has 91 valence electrons. The lowest BCUT2D eigenvalue weighted by Crippen LogP contribution is -2.40. The van der Waals surface area contributed by atoms with Crippen LogP contribution in [-0.4, -0.2) is 12.1 Å². The zero-order valence-electron chi connectivity index (χ0n) is 10.2. The molecule has 0 fully saturated rings. The van der Waals surface area contributed by atoms with E-state index in [9.17, 15) is 9.59 Å². The van der Waals surface area contributed by atoms with Crippen molar-refractivity contribution in [2.24, 2.45) is 17.3 Å². The summed E-state index contributed by atoms with van der Waals surface area (Å²) in [4.78, 5) is 23.3. The molecule has 0 amide bonds. The number of hydrogen-bond acceptors (Lipinski definition) is 2.